The fourth-order valence-corrected chi connectivity index (χ4v) is 4.97. The lowest BCUT2D eigenvalue weighted by Gasteiger charge is -2.38. The zero-order valence-electron chi connectivity index (χ0n) is 17.9. The Morgan fingerprint density at radius 2 is 2.00 bits per heavy atom. The first-order valence-corrected chi connectivity index (χ1v) is 11.0. The quantitative estimate of drug-likeness (QED) is 0.500. The van der Waals surface area contributed by atoms with Gasteiger partial charge in [-0.15, -0.1) is 0 Å². The summed E-state index contributed by atoms with van der Waals surface area (Å²) in [7, 11) is 0. The molecule has 1 aliphatic heterocycles. The molecule has 2 aliphatic rings. The van der Waals surface area contributed by atoms with E-state index in [1.54, 1.807) is 10.7 Å². The van der Waals surface area contributed by atoms with Crippen molar-refractivity contribution in [2.45, 2.75) is 50.0 Å². The summed E-state index contributed by atoms with van der Waals surface area (Å²) in [5, 5.41) is 19.0. The summed E-state index contributed by atoms with van der Waals surface area (Å²) in [6.07, 6.45) is -3.97. The average Bonchev–Trinajstić information content (AvgIpc) is 3.29. The van der Waals surface area contributed by atoms with Crippen molar-refractivity contribution in [2.75, 3.05) is 12.3 Å². The Hall–Kier alpha value is -3.04. The van der Waals surface area contributed by atoms with Crippen molar-refractivity contribution < 1.29 is 23.0 Å². The Labute approximate surface area is 189 Å². The number of alkyl halides is 3. The van der Waals surface area contributed by atoms with E-state index in [4.69, 9.17) is 15.6 Å². The maximum absolute atomic E-state index is 12.3. The maximum atomic E-state index is 12.3. The van der Waals surface area contributed by atoms with Crippen LogP contribution in [-0.4, -0.2) is 27.7 Å². The number of hydrogen-bond donors (Lipinski definition) is 3. The standard InChI is InChI=1S/C24H25F3N4O2/c25-24(26,27)10-4-12-33-17-7-8-18-15(13-17)9-11-23(18)14-19-20(22(32)29-23)21(28)31(30-19)16-5-2-1-3-6-16/h1-3,5-8,13,22,29,32H,4,9-12,14,28H2/t22?,23-/m0/s1. The molecule has 1 unspecified atom stereocenters. The highest BCUT2D eigenvalue weighted by Crippen LogP contribution is 2.46. The van der Waals surface area contributed by atoms with Crippen LogP contribution in [-0.2, 0) is 18.4 Å². The molecule has 0 amide bonds. The molecule has 6 nitrogen and oxygen atoms in total. The molecule has 0 bridgehead atoms. The molecule has 9 heteroatoms. The Kier molecular flexibility index (Phi) is 5.33. The first-order chi connectivity index (χ1) is 15.8. The molecule has 4 N–H and O–H groups in total. The van der Waals surface area contributed by atoms with Crippen LogP contribution in [0.1, 0.15) is 47.9 Å². The molecule has 2 heterocycles. The van der Waals surface area contributed by atoms with Crippen LogP contribution >= 0.6 is 0 Å². The van der Waals surface area contributed by atoms with Crippen LogP contribution in [0.5, 0.6) is 5.75 Å². The molecule has 2 aromatic carbocycles. The number of ether oxygens (including phenoxy) is 1. The smallest absolute Gasteiger partial charge is 0.389 e. The van der Waals surface area contributed by atoms with Crippen molar-refractivity contribution in [3.8, 4) is 11.4 Å². The zero-order chi connectivity index (χ0) is 23.2. The Balaban J connectivity index is 1.37. The summed E-state index contributed by atoms with van der Waals surface area (Å²) in [6.45, 7) is 0.0139. The van der Waals surface area contributed by atoms with E-state index >= 15 is 0 Å². The number of para-hydroxylation sites is 1. The third kappa shape index (κ3) is 4.06. The van der Waals surface area contributed by atoms with Gasteiger partial charge in [0.15, 0.2) is 0 Å². The predicted molar refractivity (Wildman–Crippen MR) is 117 cm³/mol. The van der Waals surface area contributed by atoms with E-state index < -0.39 is 24.4 Å². The molecular formula is C24H25F3N4O2. The zero-order valence-corrected chi connectivity index (χ0v) is 17.9. The van der Waals surface area contributed by atoms with Gasteiger partial charge in [-0.05, 0) is 54.7 Å². The Bertz CT molecular complexity index is 1160. The Morgan fingerprint density at radius 3 is 2.76 bits per heavy atom. The minimum absolute atomic E-state index is 0.0139. The number of halogens is 3. The number of aliphatic hydroxyl groups excluding tert-OH is 1. The number of rotatable bonds is 5. The summed E-state index contributed by atoms with van der Waals surface area (Å²) >= 11 is 0. The van der Waals surface area contributed by atoms with E-state index in [-0.39, 0.29) is 13.0 Å². The first kappa shape index (κ1) is 21.8. The van der Waals surface area contributed by atoms with Crippen LogP contribution in [0.2, 0.25) is 0 Å². The number of aliphatic hydroxyl groups is 1. The van der Waals surface area contributed by atoms with Gasteiger partial charge in [-0.1, -0.05) is 24.3 Å². The third-order valence-electron chi connectivity index (χ3n) is 6.48. The number of anilines is 1. The Morgan fingerprint density at radius 1 is 1.21 bits per heavy atom. The number of benzene rings is 2. The first-order valence-electron chi connectivity index (χ1n) is 11.0. The van der Waals surface area contributed by atoms with Crippen LogP contribution in [0, 0.1) is 0 Å². The summed E-state index contributed by atoms with van der Waals surface area (Å²) < 4.78 is 44.2. The van der Waals surface area contributed by atoms with Crippen molar-refractivity contribution in [1.82, 2.24) is 15.1 Å². The van der Waals surface area contributed by atoms with Gasteiger partial charge < -0.3 is 15.6 Å². The van der Waals surface area contributed by atoms with E-state index in [0.29, 0.717) is 23.6 Å². The molecule has 174 valence electrons. The molecule has 3 aromatic rings. The van der Waals surface area contributed by atoms with Crippen LogP contribution < -0.4 is 15.8 Å². The second-order valence-electron chi connectivity index (χ2n) is 8.68. The summed E-state index contributed by atoms with van der Waals surface area (Å²) in [5.41, 5.74) is 10.1. The van der Waals surface area contributed by atoms with E-state index in [2.05, 4.69) is 5.32 Å². The number of nitrogens with zero attached hydrogens (tertiary/aromatic N) is 2. The number of hydrogen-bond acceptors (Lipinski definition) is 5. The van der Waals surface area contributed by atoms with Gasteiger partial charge in [0.2, 0.25) is 0 Å². The minimum Gasteiger partial charge on any atom is -0.494 e. The van der Waals surface area contributed by atoms with Crippen molar-refractivity contribution in [2.24, 2.45) is 0 Å². The SMILES string of the molecule is Nc1c2c(nn1-c1ccccc1)C[C@]1(CCc3cc(OCCCC(F)(F)F)ccc31)NC2O. The van der Waals surface area contributed by atoms with Gasteiger partial charge in [-0.2, -0.15) is 18.3 Å². The second kappa shape index (κ2) is 8.07. The highest BCUT2D eigenvalue weighted by Gasteiger charge is 2.46. The van der Waals surface area contributed by atoms with E-state index in [0.717, 1.165) is 35.3 Å². The minimum atomic E-state index is -4.17. The van der Waals surface area contributed by atoms with Crippen LogP contribution in [0.3, 0.4) is 0 Å². The predicted octanol–water partition coefficient (Wildman–Crippen LogP) is 4.15. The largest absolute Gasteiger partial charge is 0.494 e. The van der Waals surface area contributed by atoms with E-state index in [1.165, 1.54) is 0 Å². The number of nitrogens with one attached hydrogen (secondary N) is 1. The van der Waals surface area contributed by atoms with Gasteiger partial charge in [-0.25, -0.2) is 4.68 Å². The normalized spacial score (nSPS) is 21.8. The number of nitrogen functional groups attached to an aromatic ring is 1. The molecule has 5 rings (SSSR count). The summed E-state index contributed by atoms with van der Waals surface area (Å²) in [4.78, 5) is 0. The molecule has 2 atom stereocenters. The third-order valence-corrected chi connectivity index (χ3v) is 6.48. The molecule has 1 aromatic heterocycles. The van der Waals surface area contributed by atoms with E-state index in [9.17, 15) is 18.3 Å². The number of nitrogens with two attached hydrogens (primary N) is 1. The van der Waals surface area contributed by atoms with Crippen molar-refractivity contribution >= 4 is 5.82 Å². The van der Waals surface area contributed by atoms with Gasteiger partial charge in [0, 0.05) is 12.8 Å². The number of fused-ring (bicyclic) bond motifs is 3. The molecule has 1 spiro atoms. The van der Waals surface area contributed by atoms with Crippen LogP contribution in [0.15, 0.2) is 48.5 Å². The summed E-state index contributed by atoms with van der Waals surface area (Å²) in [5.74, 6) is 0.967. The van der Waals surface area contributed by atoms with Crippen molar-refractivity contribution in [1.29, 1.82) is 0 Å². The topological polar surface area (TPSA) is 85.3 Å². The number of aryl methyl sites for hydroxylation is 1. The highest BCUT2D eigenvalue weighted by molar-refractivity contribution is 5.54. The van der Waals surface area contributed by atoms with Crippen molar-refractivity contribution in [3.05, 3.63) is 70.9 Å². The molecule has 0 saturated heterocycles. The molecular weight excluding hydrogens is 433 g/mol. The lowest BCUT2D eigenvalue weighted by Crippen LogP contribution is -2.48. The maximum Gasteiger partial charge on any atom is 0.389 e. The van der Waals surface area contributed by atoms with Gasteiger partial charge >= 0.3 is 6.18 Å². The highest BCUT2D eigenvalue weighted by atomic mass is 19.4. The second-order valence-corrected chi connectivity index (χ2v) is 8.68. The molecule has 1 aliphatic carbocycles. The average molecular weight is 458 g/mol. The monoisotopic (exact) mass is 458 g/mol. The lowest BCUT2D eigenvalue weighted by molar-refractivity contribution is -0.136. The fraction of sp³-hybridized carbons (Fsp3) is 0.375. The molecule has 0 fully saturated rings. The number of aromatic nitrogens is 2. The lowest BCUT2D eigenvalue weighted by atomic mass is 9.82. The van der Waals surface area contributed by atoms with Crippen LogP contribution in [0.25, 0.3) is 5.69 Å². The molecule has 0 saturated carbocycles. The van der Waals surface area contributed by atoms with E-state index in [1.807, 2.05) is 42.5 Å². The summed E-state index contributed by atoms with van der Waals surface area (Å²) in [6, 6.07) is 15.1. The van der Waals surface area contributed by atoms with Crippen LogP contribution in [0.4, 0.5) is 19.0 Å². The fourth-order valence-electron chi connectivity index (χ4n) is 4.97. The molecule has 33 heavy (non-hydrogen) atoms. The van der Waals surface area contributed by atoms with Crippen molar-refractivity contribution in [3.63, 3.8) is 0 Å². The van der Waals surface area contributed by atoms with Gasteiger partial charge in [0.1, 0.15) is 17.8 Å². The van der Waals surface area contributed by atoms with Gasteiger partial charge in [0.25, 0.3) is 0 Å². The van der Waals surface area contributed by atoms with Gasteiger partial charge in [0.05, 0.1) is 29.1 Å². The molecule has 0 radical (unpaired) electrons. The van der Waals surface area contributed by atoms with Gasteiger partial charge in [-0.3, -0.25) is 5.32 Å².